The van der Waals surface area contributed by atoms with E-state index >= 15 is 0 Å². The Bertz CT molecular complexity index is 1230. The Hall–Kier alpha value is -3.41. The van der Waals surface area contributed by atoms with Crippen LogP contribution in [0.5, 0.6) is 0 Å². The summed E-state index contributed by atoms with van der Waals surface area (Å²) in [6.07, 6.45) is 1.82. The molecule has 1 aromatic carbocycles. The van der Waals surface area contributed by atoms with Gasteiger partial charge in [-0.1, -0.05) is 26.0 Å². The van der Waals surface area contributed by atoms with Gasteiger partial charge in [-0.25, -0.2) is 4.98 Å². The molecule has 3 aromatic heterocycles. The smallest absolute Gasteiger partial charge is 0.274 e. The fourth-order valence-corrected chi connectivity index (χ4v) is 3.42. The molecule has 0 aliphatic heterocycles. The first-order valence-corrected chi connectivity index (χ1v) is 8.86. The number of H-pyrrole nitrogens is 1. The largest absolute Gasteiger partial charge is 0.322 e. The van der Waals surface area contributed by atoms with Gasteiger partial charge < -0.3 is 10.3 Å². The fraction of sp³-hybridized carbons (Fsp3) is 0.190. The van der Waals surface area contributed by atoms with Gasteiger partial charge in [-0.3, -0.25) is 14.0 Å². The zero-order chi connectivity index (χ0) is 19.1. The summed E-state index contributed by atoms with van der Waals surface area (Å²) in [4.78, 5) is 32.1. The lowest BCUT2D eigenvalue weighted by Gasteiger charge is -2.11. The predicted molar refractivity (Wildman–Crippen MR) is 107 cm³/mol. The molecular formula is C21H20N4O2. The lowest BCUT2D eigenvalue weighted by molar-refractivity contribution is 0.102. The second-order valence-corrected chi connectivity index (χ2v) is 6.93. The summed E-state index contributed by atoms with van der Waals surface area (Å²) in [6.45, 7) is 5.92. The standard InChI is InChI=1S/C21H20N4O2/c1-12(2)16-11-19(26)24-17-10-14(7-8-15(16)17)23-21(27)20-13(3)22-18-6-4-5-9-25(18)20/h4-12H,1-3H3,(H,23,27)(H,24,26). The van der Waals surface area contributed by atoms with E-state index in [1.807, 2.05) is 43.5 Å². The molecule has 0 bridgehead atoms. The van der Waals surface area contributed by atoms with Crippen LogP contribution in [0.1, 0.15) is 41.5 Å². The van der Waals surface area contributed by atoms with E-state index in [0.717, 1.165) is 16.6 Å². The molecule has 4 rings (SSSR count). The number of pyridine rings is 2. The average Bonchev–Trinajstić information content (AvgIpc) is 2.96. The van der Waals surface area contributed by atoms with Crippen LogP contribution in [0.4, 0.5) is 5.69 Å². The summed E-state index contributed by atoms with van der Waals surface area (Å²) in [5.74, 6) is -0.0102. The second-order valence-electron chi connectivity index (χ2n) is 6.93. The van der Waals surface area contributed by atoms with Crippen LogP contribution in [-0.4, -0.2) is 20.3 Å². The number of hydrogen-bond donors (Lipinski definition) is 2. The van der Waals surface area contributed by atoms with E-state index in [2.05, 4.69) is 29.1 Å². The molecule has 6 heteroatoms. The Morgan fingerprint density at radius 1 is 1.19 bits per heavy atom. The Morgan fingerprint density at radius 3 is 2.78 bits per heavy atom. The van der Waals surface area contributed by atoms with Crippen LogP contribution in [0.3, 0.4) is 0 Å². The van der Waals surface area contributed by atoms with Gasteiger partial charge in [-0.05, 0) is 42.7 Å². The number of imidazole rings is 1. The minimum atomic E-state index is -0.243. The van der Waals surface area contributed by atoms with Gasteiger partial charge >= 0.3 is 0 Å². The zero-order valence-electron chi connectivity index (χ0n) is 15.4. The third kappa shape index (κ3) is 2.99. The highest BCUT2D eigenvalue weighted by molar-refractivity contribution is 6.05. The molecular weight excluding hydrogens is 340 g/mol. The number of fused-ring (bicyclic) bond motifs is 2. The second kappa shape index (κ2) is 6.39. The van der Waals surface area contributed by atoms with E-state index in [-0.39, 0.29) is 17.4 Å². The van der Waals surface area contributed by atoms with Crippen molar-refractivity contribution in [2.75, 3.05) is 5.32 Å². The maximum absolute atomic E-state index is 12.8. The maximum atomic E-state index is 12.8. The number of benzene rings is 1. The number of amides is 1. The highest BCUT2D eigenvalue weighted by Gasteiger charge is 2.17. The molecule has 2 N–H and O–H groups in total. The third-order valence-corrected chi connectivity index (χ3v) is 4.67. The first-order chi connectivity index (χ1) is 12.9. The van der Waals surface area contributed by atoms with Gasteiger partial charge in [-0.15, -0.1) is 0 Å². The van der Waals surface area contributed by atoms with Gasteiger partial charge in [0.2, 0.25) is 5.56 Å². The van der Waals surface area contributed by atoms with Gasteiger partial charge in [-0.2, -0.15) is 0 Å². The van der Waals surface area contributed by atoms with Crippen molar-refractivity contribution in [3.05, 3.63) is 76.0 Å². The monoisotopic (exact) mass is 360 g/mol. The van der Waals surface area contributed by atoms with E-state index < -0.39 is 0 Å². The van der Waals surface area contributed by atoms with E-state index in [1.54, 1.807) is 16.5 Å². The lowest BCUT2D eigenvalue weighted by atomic mass is 9.99. The van der Waals surface area contributed by atoms with Crippen molar-refractivity contribution in [3.63, 3.8) is 0 Å². The highest BCUT2D eigenvalue weighted by atomic mass is 16.2. The molecule has 0 atom stereocenters. The summed E-state index contributed by atoms with van der Waals surface area (Å²) in [6, 6.07) is 12.8. The van der Waals surface area contributed by atoms with Gasteiger partial charge in [0, 0.05) is 23.3 Å². The van der Waals surface area contributed by atoms with Crippen molar-refractivity contribution in [1.82, 2.24) is 14.4 Å². The molecule has 0 unspecified atom stereocenters. The molecule has 0 spiro atoms. The fourth-order valence-electron chi connectivity index (χ4n) is 3.42. The summed E-state index contributed by atoms with van der Waals surface area (Å²) in [5, 5.41) is 3.90. The third-order valence-electron chi connectivity index (χ3n) is 4.67. The first kappa shape index (κ1) is 17.0. The van der Waals surface area contributed by atoms with Crippen LogP contribution >= 0.6 is 0 Å². The lowest BCUT2D eigenvalue weighted by Crippen LogP contribution is -2.16. The maximum Gasteiger partial charge on any atom is 0.274 e. The molecule has 136 valence electrons. The molecule has 6 nitrogen and oxygen atoms in total. The normalized spacial score (nSPS) is 11.4. The zero-order valence-corrected chi connectivity index (χ0v) is 15.4. The molecule has 0 fully saturated rings. The van der Waals surface area contributed by atoms with Crippen LogP contribution in [0.15, 0.2) is 53.5 Å². The molecule has 0 radical (unpaired) electrons. The summed E-state index contributed by atoms with van der Waals surface area (Å²) < 4.78 is 1.77. The van der Waals surface area contributed by atoms with Gasteiger partial charge in [0.25, 0.3) is 5.91 Å². The van der Waals surface area contributed by atoms with Crippen molar-refractivity contribution in [3.8, 4) is 0 Å². The highest BCUT2D eigenvalue weighted by Crippen LogP contribution is 2.25. The topological polar surface area (TPSA) is 79.3 Å². The Morgan fingerprint density at radius 2 is 2.00 bits per heavy atom. The first-order valence-electron chi connectivity index (χ1n) is 8.86. The minimum Gasteiger partial charge on any atom is -0.322 e. The quantitative estimate of drug-likeness (QED) is 0.582. The Kier molecular flexibility index (Phi) is 4.03. The molecule has 0 saturated heterocycles. The molecule has 0 aliphatic carbocycles. The minimum absolute atomic E-state index is 0.146. The summed E-state index contributed by atoms with van der Waals surface area (Å²) in [5.41, 5.74) is 4.06. The van der Waals surface area contributed by atoms with Crippen LogP contribution in [0.2, 0.25) is 0 Å². The number of aromatic amines is 1. The Balaban J connectivity index is 1.74. The van der Waals surface area contributed by atoms with Gasteiger partial charge in [0.15, 0.2) is 0 Å². The molecule has 3 heterocycles. The number of rotatable bonds is 3. The summed E-state index contributed by atoms with van der Waals surface area (Å²) >= 11 is 0. The van der Waals surface area contributed by atoms with Crippen molar-refractivity contribution in [2.45, 2.75) is 26.7 Å². The molecule has 0 aliphatic rings. The number of aryl methyl sites for hydroxylation is 1. The molecule has 0 saturated carbocycles. The molecule has 1 amide bonds. The number of aromatic nitrogens is 3. The molecule has 4 aromatic rings. The predicted octanol–water partition coefficient (Wildman–Crippen LogP) is 3.86. The van der Waals surface area contributed by atoms with Crippen LogP contribution < -0.4 is 10.9 Å². The van der Waals surface area contributed by atoms with Crippen molar-refractivity contribution in [2.24, 2.45) is 0 Å². The SMILES string of the molecule is Cc1nc2ccccn2c1C(=O)Nc1ccc2c(C(C)C)cc(=O)[nH]c2c1. The van der Waals surface area contributed by atoms with Crippen molar-refractivity contribution in [1.29, 1.82) is 0 Å². The molecule has 27 heavy (non-hydrogen) atoms. The number of carbonyl (C=O) groups excluding carboxylic acids is 1. The van der Waals surface area contributed by atoms with E-state index in [9.17, 15) is 9.59 Å². The van der Waals surface area contributed by atoms with Gasteiger partial charge in [0.1, 0.15) is 11.3 Å². The van der Waals surface area contributed by atoms with E-state index in [4.69, 9.17) is 0 Å². The average molecular weight is 360 g/mol. The van der Waals surface area contributed by atoms with Gasteiger partial charge in [0.05, 0.1) is 11.2 Å². The van der Waals surface area contributed by atoms with E-state index in [1.165, 1.54) is 0 Å². The number of hydrogen-bond acceptors (Lipinski definition) is 3. The number of nitrogens with one attached hydrogen (secondary N) is 2. The van der Waals surface area contributed by atoms with Crippen LogP contribution in [-0.2, 0) is 0 Å². The number of nitrogens with zero attached hydrogens (tertiary/aromatic N) is 2. The number of anilines is 1. The Labute approximate surface area is 155 Å². The van der Waals surface area contributed by atoms with Crippen LogP contribution in [0, 0.1) is 6.92 Å². The van der Waals surface area contributed by atoms with E-state index in [0.29, 0.717) is 22.6 Å². The van der Waals surface area contributed by atoms with Crippen molar-refractivity contribution < 1.29 is 4.79 Å². The van der Waals surface area contributed by atoms with Crippen molar-refractivity contribution >= 4 is 28.1 Å². The van der Waals surface area contributed by atoms with Crippen LogP contribution in [0.25, 0.3) is 16.6 Å². The number of carbonyl (C=O) groups is 1. The summed E-state index contributed by atoms with van der Waals surface area (Å²) in [7, 11) is 0.